The van der Waals surface area contributed by atoms with Gasteiger partial charge in [0.05, 0.1) is 6.54 Å². The zero-order chi connectivity index (χ0) is 18.5. The summed E-state index contributed by atoms with van der Waals surface area (Å²) in [7, 11) is 2.15. The van der Waals surface area contributed by atoms with Gasteiger partial charge in [-0.3, -0.25) is 0 Å². The molecule has 1 aromatic heterocycles. The van der Waals surface area contributed by atoms with E-state index in [2.05, 4.69) is 57.3 Å². The number of halogens is 2. The highest BCUT2D eigenvalue weighted by atomic mass is 127. The summed E-state index contributed by atoms with van der Waals surface area (Å²) in [6.45, 7) is 4.20. The Hall–Kier alpha value is -1.44. The third kappa shape index (κ3) is 3.17. The summed E-state index contributed by atoms with van der Waals surface area (Å²) in [5.74, 6) is -0.286. The van der Waals surface area contributed by atoms with Crippen LogP contribution >= 0.6 is 22.6 Å². The van der Waals surface area contributed by atoms with Crippen molar-refractivity contribution in [3.8, 4) is 0 Å². The first-order valence-corrected chi connectivity index (χ1v) is 9.89. The van der Waals surface area contributed by atoms with E-state index in [9.17, 15) is 9.50 Å². The molecule has 136 valence electrons. The van der Waals surface area contributed by atoms with Crippen LogP contribution in [0.1, 0.15) is 23.7 Å². The molecule has 3 nitrogen and oxygen atoms in total. The van der Waals surface area contributed by atoms with Crippen molar-refractivity contribution in [2.24, 2.45) is 0 Å². The van der Waals surface area contributed by atoms with Crippen molar-refractivity contribution >= 4 is 33.5 Å². The van der Waals surface area contributed by atoms with Gasteiger partial charge < -0.3 is 14.6 Å². The van der Waals surface area contributed by atoms with Crippen LogP contribution in [0.2, 0.25) is 0 Å². The minimum Gasteiger partial charge on any atom is -0.384 e. The van der Waals surface area contributed by atoms with E-state index >= 15 is 0 Å². The van der Waals surface area contributed by atoms with Crippen LogP contribution in [0.15, 0.2) is 42.5 Å². The summed E-state index contributed by atoms with van der Waals surface area (Å²) in [6.07, 6.45) is 0.969. The second kappa shape index (κ2) is 6.62. The number of aliphatic hydroxyl groups is 1. The Kier molecular flexibility index (Phi) is 4.57. The van der Waals surface area contributed by atoms with Crippen molar-refractivity contribution in [2.75, 3.05) is 13.6 Å². The van der Waals surface area contributed by atoms with Gasteiger partial charge in [-0.15, -0.1) is 0 Å². The fourth-order valence-electron chi connectivity index (χ4n) is 3.95. The number of rotatable bonds is 3. The topological polar surface area (TPSA) is 28.4 Å². The second-order valence-electron chi connectivity index (χ2n) is 7.44. The van der Waals surface area contributed by atoms with Crippen molar-refractivity contribution in [3.05, 3.63) is 68.7 Å². The quantitative estimate of drug-likeness (QED) is 0.587. The number of fused-ring (bicyclic) bond motifs is 3. The Morgan fingerprint density at radius 3 is 2.65 bits per heavy atom. The van der Waals surface area contributed by atoms with E-state index in [1.807, 2.05) is 0 Å². The van der Waals surface area contributed by atoms with Crippen LogP contribution in [0.3, 0.4) is 0 Å². The van der Waals surface area contributed by atoms with E-state index in [1.165, 1.54) is 32.3 Å². The van der Waals surface area contributed by atoms with E-state index in [0.29, 0.717) is 6.54 Å². The van der Waals surface area contributed by atoms with Gasteiger partial charge in [-0.05, 0) is 78.0 Å². The maximum atomic E-state index is 13.3. The number of hydrogen-bond donors (Lipinski definition) is 1. The van der Waals surface area contributed by atoms with Gasteiger partial charge in [0.25, 0.3) is 0 Å². The Morgan fingerprint density at radius 2 is 1.92 bits per heavy atom. The van der Waals surface area contributed by atoms with Gasteiger partial charge in [0.1, 0.15) is 11.4 Å². The van der Waals surface area contributed by atoms with Crippen LogP contribution in [0.25, 0.3) is 10.9 Å². The molecule has 0 radical (unpaired) electrons. The largest absolute Gasteiger partial charge is 0.384 e. The summed E-state index contributed by atoms with van der Waals surface area (Å²) in [4.78, 5) is 2.34. The molecule has 0 aliphatic carbocycles. The molecular weight excluding hydrogens is 442 g/mol. The SMILES string of the molecule is CN1CCc2c(c3cc(I)ccc3n2C[C@](C)(O)c2ccc(F)cc2)C1. The van der Waals surface area contributed by atoms with Gasteiger partial charge in [-0.1, -0.05) is 12.1 Å². The highest BCUT2D eigenvalue weighted by molar-refractivity contribution is 14.1. The molecule has 2 aromatic carbocycles. The zero-order valence-corrected chi connectivity index (χ0v) is 17.1. The standard InChI is InChI=1S/C21H22FIN2O/c1-21(26,14-3-5-15(22)6-4-14)13-25-19-8-7-16(23)11-17(19)18-12-24(2)10-9-20(18)25/h3-8,11,26H,9-10,12-13H2,1-2H3/t21-/m0/s1. The molecule has 0 amide bonds. The monoisotopic (exact) mass is 464 g/mol. The van der Waals surface area contributed by atoms with E-state index in [4.69, 9.17) is 0 Å². The van der Waals surface area contributed by atoms with Crippen molar-refractivity contribution in [1.82, 2.24) is 9.47 Å². The third-order valence-corrected chi connectivity index (χ3v) is 6.01. The summed E-state index contributed by atoms with van der Waals surface area (Å²) < 4.78 is 16.7. The van der Waals surface area contributed by atoms with Crippen LogP contribution in [-0.2, 0) is 25.1 Å². The molecule has 5 heteroatoms. The van der Waals surface area contributed by atoms with Gasteiger partial charge in [-0.25, -0.2) is 4.39 Å². The molecule has 0 bridgehead atoms. The first-order valence-electron chi connectivity index (χ1n) is 8.81. The number of hydrogen-bond acceptors (Lipinski definition) is 2. The lowest BCUT2D eigenvalue weighted by Gasteiger charge is -2.29. The number of nitrogens with zero attached hydrogens (tertiary/aromatic N) is 2. The fraction of sp³-hybridized carbons (Fsp3) is 0.333. The molecule has 0 saturated heterocycles. The highest BCUT2D eigenvalue weighted by Gasteiger charge is 2.29. The Balaban J connectivity index is 1.82. The van der Waals surface area contributed by atoms with Gasteiger partial charge in [0.15, 0.2) is 0 Å². The van der Waals surface area contributed by atoms with Crippen LogP contribution in [-0.4, -0.2) is 28.2 Å². The summed E-state index contributed by atoms with van der Waals surface area (Å²) in [5, 5.41) is 12.4. The molecule has 0 fully saturated rings. The van der Waals surface area contributed by atoms with Crippen LogP contribution in [0.5, 0.6) is 0 Å². The molecule has 3 aromatic rings. The van der Waals surface area contributed by atoms with E-state index in [-0.39, 0.29) is 5.82 Å². The van der Waals surface area contributed by atoms with Gasteiger partial charge in [-0.2, -0.15) is 0 Å². The smallest absolute Gasteiger partial charge is 0.123 e. The van der Waals surface area contributed by atoms with Gasteiger partial charge in [0.2, 0.25) is 0 Å². The van der Waals surface area contributed by atoms with Crippen molar-refractivity contribution in [3.63, 3.8) is 0 Å². The Bertz CT molecular complexity index is 962. The lowest BCUT2D eigenvalue weighted by molar-refractivity contribution is 0.0384. The lowest BCUT2D eigenvalue weighted by Crippen LogP contribution is -2.31. The summed E-state index contributed by atoms with van der Waals surface area (Å²) >= 11 is 2.35. The molecule has 0 spiro atoms. The minimum absolute atomic E-state index is 0.286. The maximum absolute atomic E-state index is 13.3. The number of aromatic nitrogens is 1. The van der Waals surface area contributed by atoms with Crippen LogP contribution in [0.4, 0.5) is 4.39 Å². The van der Waals surface area contributed by atoms with Crippen LogP contribution in [0, 0.1) is 9.39 Å². The molecule has 1 aliphatic heterocycles. The molecule has 0 saturated carbocycles. The third-order valence-electron chi connectivity index (χ3n) is 5.34. The van der Waals surface area contributed by atoms with Crippen molar-refractivity contribution < 1.29 is 9.50 Å². The van der Waals surface area contributed by atoms with Gasteiger partial charge in [0, 0.05) is 39.7 Å². The van der Waals surface area contributed by atoms with Crippen LogP contribution < -0.4 is 0 Å². The lowest BCUT2D eigenvalue weighted by atomic mass is 9.95. The molecule has 1 aliphatic rings. The normalized spacial score (nSPS) is 17.3. The maximum Gasteiger partial charge on any atom is 0.123 e. The Morgan fingerprint density at radius 1 is 1.19 bits per heavy atom. The molecule has 26 heavy (non-hydrogen) atoms. The summed E-state index contributed by atoms with van der Waals surface area (Å²) in [5.41, 5.74) is 3.49. The molecule has 4 rings (SSSR count). The minimum atomic E-state index is -1.07. The average molecular weight is 464 g/mol. The predicted octanol–water partition coefficient (Wildman–Crippen LogP) is 4.28. The summed E-state index contributed by atoms with van der Waals surface area (Å²) in [6, 6.07) is 12.7. The first-order chi connectivity index (χ1) is 12.3. The second-order valence-corrected chi connectivity index (χ2v) is 8.69. The van der Waals surface area contributed by atoms with Crippen molar-refractivity contribution in [1.29, 1.82) is 0 Å². The zero-order valence-electron chi connectivity index (χ0n) is 15.0. The van der Waals surface area contributed by atoms with E-state index < -0.39 is 5.60 Å². The Labute approximate surface area is 166 Å². The van der Waals surface area contributed by atoms with Gasteiger partial charge >= 0.3 is 0 Å². The molecule has 1 atom stereocenters. The fourth-order valence-corrected chi connectivity index (χ4v) is 4.44. The first kappa shape index (κ1) is 17.9. The highest BCUT2D eigenvalue weighted by Crippen LogP contribution is 2.34. The average Bonchev–Trinajstić information content (AvgIpc) is 2.87. The number of likely N-dealkylation sites (N-methyl/N-ethyl adjacent to an activating group) is 1. The van der Waals surface area contributed by atoms with Crippen molar-refractivity contribution in [2.45, 2.75) is 32.0 Å². The molecule has 1 N–H and O–H groups in total. The molecular formula is C21H22FIN2O. The molecule has 0 unspecified atom stereocenters. The molecule has 2 heterocycles. The predicted molar refractivity (Wildman–Crippen MR) is 111 cm³/mol. The van der Waals surface area contributed by atoms with E-state index in [1.54, 1.807) is 19.1 Å². The number of benzene rings is 2. The van der Waals surface area contributed by atoms with E-state index in [0.717, 1.165) is 30.6 Å².